The van der Waals surface area contributed by atoms with E-state index in [2.05, 4.69) is 5.32 Å². The molecule has 0 aromatic rings. The van der Waals surface area contributed by atoms with E-state index in [1.807, 2.05) is 13.8 Å². The van der Waals surface area contributed by atoms with E-state index in [0.29, 0.717) is 19.8 Å². The maximum Gasteiger partial charge on any atom is 0.223 e. The zero-order valence-corrected chi connectivity index (χ0v) is 9.08. The molecular weight excluding hydrogens is 182 g/mol. The molecule has 0 saturated carbocycles. The molecule has 0 unspecified atom stereocenters. The minimum Gasteiger partial charge on any atom is -0.394 e. The largest absolute Gasteiger partial charge is 0.394 e. The van der Waals surface area contributed by atoms with Crippen molar-refractivity contribution in [2.24, 2.45) is 5.92 Å². The van der Waals surface area contributed by atoms with Crippen molar-refractivity contribution in [3.63, 3.8) is 0 Å². The van der Waals surface area contributed by atoms with Crippen LogP contribution in [0.4, 0.5) is 0 Å². The summed E-state index contributed by atoms with van der Waals surface area (Å²) in [6.07, 6.45) is 1.75. The van der Waals surface area contributed by atoms with Crippen molar-refractivity contribution in [3.8, 4) is 0 Å². The van der Waals surface area contributed by atoms with Gasteiger partial charge in [0.1, 0.15) is 0 Å². The summed E-state index contributed by atoms with van der Waals surface area (Å²) >= 11 is 0. The Balaban J connectivity index is 3.43. The Hall–Kier alpha value is -0.610. The summed E-state index contributed by atoms with van der Waals surface area (Å²) in [5.74, 6) is 0.218. The Morgan fingerprint density at radius 3 is 2.50 bits per heavy atom. The molecule has 0 radical (unpaired) electrons. The molecule has 0 atom stereocenters. The van der Waals surface area contributed by atoms with E-state index < -0.39 is 0 Å². The molecule has 0 rings (SSSR count). The van der Waals surface area contributed by atoms with E-state index in [0.717, 1.165) is 12.8 Å². The number of aliphatic hydroxyl groups excluding tert-OH is 1. The van der Waals surface area contributed by atoms with E-state index in [1.54, 1.807) is 0 Å². The summed E-state index contributed by atoms with van der Waals surface area (Å²) < 4.78 is 5.02. The highest BCUT2D eigenvalue weighted by atomic mass is 16.5. The number of hydrogen-bond donors (Lipinski definition) is 2. The molecule has 0 aliphatic heterocycles. The lowest BCUT2D eigenvalue weighted by Crippen LogP contribution is -2.32. The first kappa shape index (κ1) is 13.4. The van der Waals surface area contributed by atoms with Crippen LogP contribution in [0.2, 0.25) is 0 Å². The molecule has 0 aliphatic rings. The van der Waals surface area contributed by atoms with Crippen LogP contribution in [0, 0.1) is 5.92 Å². The van der Waals surface area contributed by atoms with Gasteiger partial charge in [-0.25, -0.2) is 0 Å². The van der Waals surface area contributed by atoms with Crippen molar-refractivity contribution < 1.29 is 14.6 Å². The van der Waals surface area contributed by atoms with Crippen molar-refractivity contribution in [3.05, 3.63) is 0 Å². The van der Waals surface area contributed by atoms with Gasteiger partial charge in [-0.2, -0.15) is 0 Å². The van der Waals surface area contributed by atoms with Crippen molar-refractivity contribution in [1.82, 2.24) is 5.32 Å². The molecule has 0 saturated heterocycles. The second-order valence-corrected chi connectivity index (χ2v) is 3.14. The first-order valence-electron chi connectivity index (χ1n) is 5.22. The molecule has 0 aromatic heterocycles. The molecule has 2 N–H and O–H groups in total. The Labute approximate surface area is 85.6 Å². The third-order valence-corrected chi connectivity index (χ3v) is 2.14. The Kier molecular flexibility index (Phi) is 8.57. The lowest BCUT2D eigenvalue weighted by atomic mass is 10.0. The predicted molar refractivity (Wildman–Crippen MR) is 55.0 cm³/mol. The van der Waals surface area contributed by atoms with Crippen LogP contribution >= 0.6 is 0 Å². The minimum absolute atomic E-state index is 0.0283. The Morgan fingerprint density at radius 2 is 2.00 bits per heavy atom. The molecule has 0 heterocycles. The van der Waals surface area contributed by atoms with E-state index in [9.17, 15) is 4.79 Å². The first-order valence-corrected chi connectivity index (χ1v) is 5.22. The number of ether oxygens (including phenoxy) is 1. The lowest BCUT2D eigenvalue weighted by molar-refractivity contribution is -0.125. The van der Waals surface area contributed by atoms with Gasteiger partial charge in [-0.3, -0.25) is 4.79 Å². The summed E-state index contributed by atoms with van der Waals surface area (Å²) in [4.78, 5) is 11.4. The monoisotopic (exact) mass is 203 g/mol. The third kappa shape index (κ3) is 5.94. The fourth-order valence-corrected chi connectivity index (χ4v) is 1.22. The maximum atomic E-state index is 11.4. The van der Waals surface area contributed by atoms with Crippen molar-refractivity contribution >= 4 is 5.91 Å². The van der Waals surface area contributed by atoms with E-state index >= 15 is 0 Å². The number of carbonyl (C=O) groups is 1. The molecule has 4 heteroatoms. The van der Waals surface area contributed by atoms with Crippen molar-refractivity contribution in [2.75, 3.05) is 26.4 Å². The number of rotatable bonds is 8. The lowest BCUT2D eigenvalue weighted by Gasteiger charge is -2.12. The Morgan fingerprint density at radius 1 is 1.36 bits per heavy atom. The number of amides is 1. The van der Waals surface area contributed by atoms with Crippen LogP contribution in [0.25, 0.3) is 0 Å². The average molecular weight is 203 g/mol. The molecule has 0 bridgehead atoms. The zero-order valence-electron chi connectivity index (χ0n) is 9.08. The number of nitrogens with one attached hydrogen (secondary N) is 1. The summed E-state index contributed by atoms with van der Waals surface area (Å²) in [7, 11) is 0. The Bertz CT molecular complexity index is 146. The summed E-state index contributed by atoms with van der Waals surface area (Å²) in [5, 5.41) is 11.2. The van der Waals surface area contributed by atoms with Crippen LogP contribution in [-0.4, -0.2) is 37.4 Å². The van der Waals surface area contributed by atoms with Gasteiger partial charge in [-0.1, -0.05) is 13.8 Å². The van der Waals surface area contributed by atoms with Gasteiger partial charge in [0, 0.05) is 12.5 Å². The fraction of sp³-hybridized carbons (Fsp3) is 0.900. The molecular formula is C10H21NO3. The summed E-state index contributed by atoms with van der Waals surface area (Å²) in [5.41, 5.74) is 0. The van der Waals surface area contributed by atoms with E-state index in [1.165, 1.54) is 0 Å². The molecule has 4 nitrogen and oxygen atoms in total. The van der Waals surface area contributed by atoms with Crippen LogP contribution in [0.5, 0.6) is 0 Å². The second-order valence-electron chi connectivity index (χ2n) is 3.14. The first-order chi connectivity index (χ1) is 6.76. The van der Waals surface area contributed by atoms with Crippen molar-refractivity contribution in [2.45, 2.75) is 26.7 Å². The van der Waals surface area contributed by atoms with Gasteiger partial charge in [0.05, 0.1) is 19.8 Å². The number of carbonyl (C=O) groups excluding carboxylic acids is 1. The second kappa shape index (κ2) is 8.97. The quantitative estimate of drug-likeness (QED) is 0.566. The van der Waals surface area contributed by atoms with Crippen LogP contribution in [0.3, 0.4) is 0 Å². The van der Waals surface area contributed by atoms with Gasteiger partial charge in [0.2, 0.25) is 5.91 Å². The molecule has 0 aliphatic carbocycles. The van der Waals surface area contributed by atoms with Crippen molar-refractivity contribution in [1.29, 1.82) is 0 Å². The maximum absolute atomic E-state index is 11.4. The SMILES string of the molecule is CCC(CC)C(=O)NCCOCCO. The number of aliphatic hydroxyl groups is 1. The highest BCUT2D eigenvalue weighted by Crippen LogP contribution is 2.06. The van der Waals surface area contributed by atoms with E-state index in [-0.39, 0.29) is 18.4 Å². The van der Waals surface area contributed by atoms with Gasteiger partial charge >= 0.3 is 0 Å². The van der Waals surface area contributed by atoms with Gasteiger partial charge in [-0.05, 0) is 12.8 Å². The fourth-order valence-electron chi connectivity index (χ4n) is 1.22. The van der Waals surface area contributed by atoms with Gasteiger partial charge in [-0.15, -0.1) is 0 Å². The molecule has 0 fully saturated rings. The van der Waals surface area contributed by atoms with Crippen LogP contribution < -0.4 is 5.32 Å². The van der Waals surface area contributed by atoms with Crippen LogP contribution in [0.15, 0.2) is 0 Å². The summed E-state index contributed by atoms with van der Waals surface area (Å²) in [6, 6.07) is 0. The zero-order chi connectivity index (χ0) is 10.8. The van der Waals surface area contributed by atoms with Crippen LogP contribution in [-0.2, 0) is 9.53 Å². The van der Waals surface area contributed by atoms with Gasteiger partial charge in [0.15, 0.2) is 0 Å². The van der Waals surface area contributed by atoms with Gasteiger partial charge in [0.25, 0.3) is 0 Å². The standard InChI is InChI=1S/C10H21NO3/c1-3-9(4-2)10(13)11-5-7-14-8-6-12/h9,12H,3-8H2,1-2H3,(H,11,13). The average Bonchev–Trinajstić information content (AvgIpc) is 2.19. The molecule has 1 amide bonds. The van der Waals surface area contributed by atoms with Gasteiger partial charge < -0.3 is 15.2 Å². The summed E-state index contributed by atoms with van der Waals surface area (Å²) in [6.45, 7) is 5.37. The molecule has 0 aromatic carbocycles. The highest BCUT2D eigenvalue weighted by Gasteiger charge is 2.12. The smallest absolute Gasteiger partial charge is 0.223 e. The number of hydrogen-bond acceptors (Lipinski definition) is 3. The highest BCUT2D eigenvalue weighted by molar-refractivity contribution is 5.78. The molecule has 14 heavy (non-hydrogen) atoms. The minimum atomic E-state index is 0.0283. The van der Waals surface area contributed by atoms with Crippen LogP contribution in [0.1, 0.15) is 26.7 Å². The molecule has 84 valence electrons. The topological polar surface area (TPSA) is 58.6 Å². The predicted octanol–water partition coefficient (Wildman–Crippen LogP) is 0.548. The third-order valence-electron chi connectivity index (χ3n) is 2.14. The normalized spacial score (nSPS) is 10.6. The molecule has 0 spiro atoms. The van der Waals surface area contributed by atoms with E-state index in [4.69, 9.17) is 9.84 Å².